The Morgan fingerprint density at radius 2 is 1.43 bits per heavy atom. The van der Waals surface area contributed by atoms with Crippen LogP contribution in [0.4, 0.5) is 0 Å². The normalized spacial score (nSPS) is 25.6. The van der Waals surface area contributed by atoms with Gasteiger partial charge in [-0.1, -0.05) is 70.4 Å². The van der Waals surface area contributed by atoms with Gasteiger partial charge in [-0.05, 0) is 32.1 Å². The van der Waals surface area contributed by atoms with Gasteiger partial charge in [0, 0.05) is 6.61 Å². The first kappa shape index (κ1) is 25.6. The fraction of sp³-hybridized carbons (Fsp3) is 0.913. The fourth-order valence-corrected chi connectivity index (χ4v) is 3.62. The summed E-state index contributed by atoms with van der Waals surface area (Å²) in [6.07, 6.45) is 17.8. The first-order chi connectivity index (χ1) is 13.7. The van der Waals surface area contributed by atoms with E-state index in [4.69, 9.17) is 14.6 Å². The third-order valence-electron chi connectivity index (χ3n) is 5.47. The molecule has 1 heterocycles. The lowest BCUT2D eigenvalue weighted by Gasteiger charge is -2.37. The lowest BCUT2D eigenvalue weighted by molar-refractivity contribution is -0.210. The molecule has 1 aliphatic heterocycles. The van der Waals surface area contributed by atoms with Gasteiger partial charge in [0.15, 0.2) is 0 Å². The fourth-order valence-electron chi connectivity index (χ4n) is 3.62. The zero-order valence-corrected chi connectivity index (χ0v) is 17.9. The zero-order valence-electron chi connectivity index (χ0n) is 17.9. The summed E-state index contributed by atoms with van der Waals surface area (Å²) in [4.78, 5) is 0. The number of hydrogen-bond donors (Lipinski definition) is 3. The van der Waals surface area contributed by atoms with E-state index in [-0.39, 0.29) is 13.2 Å². The minimum atomic E-state index is -0.975. The molecule has 0 radical (unpaired) electrons. The van der Waals surface area contributed by atoms with E-state index in [1.165, 1.54) is 70.6 Å². The molecule has 166 valence electrons. The molecule has 0 aliphatic carbocycles. The van der Waals surface area contributed by atoms with Crippen molar-refractivity contribution in [1.82, 2.24) is 0 Å². The predicted octanol–water partition coefficient (Wildman–Crippen LogP) is 4.13. The Hall–Kier alpha value is -0.460. The van der Waals surface area contributed by atoms with Crippen LogP contribution in [0.3, 0.4) is 0 Å². The molecule has 0 saturated carbocycles. The lowest BCUT2D eigenvalue weighted by atomic mass is 10.0. The van der Waals surface area contributed by atoms with Crippen LogP contribution in [0.25, 0.3) is 0 Å². The first-order valence-corrected chi connectivity index (χ1v) is 11.6. The van der Waals surface area contributed by atoms with Crippen LogP contribution < -0.4 is 0 Å². The molecule has 0 spiro atoms. The predicted molar refractivity (Wildman–Crippen MR) is 113 cm³/mol. The molecule has 0 amide bonds. The maximum atomic E-state index is 10.0. The monoisotopic (exact) mass is 400 g/mol. The van der Waals surface area contributed by atoms with Crippen LogP contribution in [0.15, 0.2) is 12.2 Å². The Kier molecular flexibility index (Phi) is 15.9. The lowest BCUT2D eigenvalue weighted by Crippen LogP contribution is -2.55. The van der Waals surface area contributed by atoms with Crippen molar-refractivity contribution in [2.45, 2.75) is 115 Å². The van der Waals surface area contributed by atoms with E-state index in [0.29, 0.717) is 6.61 Å². The maximum absolute atomic E-state index is 10.0. The smallest absolute Gasteiger partial charge is 0.114 e. The maximum Gasteiger partial charge on any atom is 0.114 e. The van der Waals surface area contributed by atoms with Gasteiger partial charge >= 0.3 is 0 Å². The number of ether oxygens (including phenoxy) is 2. The van der Waals surface area contributed by atoms with Crippen LogP contribution in [-0.4, -0.2) is 59.6 Å². The molecular weight excluding hydrogens is 356 g/mol. The molecule has 1 saturated heterocycles. The molecule has 0 aromatic rings. The van der Waals surface area contributed by atoms with Crippen LogP contribution >= 0.6 is 0 Å². The van der Waals surface area contributed by atoms with E-state index in [9.17, 15) is 10.2 Å². The van der Waals surface area contributed by atoms with Crippen molar-refractivity contribution in [2.24, 2.45) is 0 Å². The van der Waals surface area contributed by atoms with Crippen molar-refractivity contribution in [3.05, 3.63) is 12.2 Å². The number of rotatable bonds is 17. The van der Waals surface area contributed by atoms with E-state index in [1.807, 2.05) is 0 Å². The summed E-state index contributed by atoms with van der Waals surface area (Å²) >= 11 is 0. The van der Waals surface area contributed by atoms with E-state index in [1.54, 1.807) is 0 Å². The molecular formula is C23H44O5. The highest BCUT2D eigenvalue weighted by Crippen LogP contribution is 2.19. The topological polar surface area (TPSA) is 79.2 Å². The molecule has 5 heteroatoms. The van der Waals surface area contributed by atoms with Gasteiger partial charge in [0.1, 0.15) is 24.4 Å². The Morgan fingerprint density at radius 3 is 2.04 bits per heavy atom. The van der Waals surface area contributed by atoms with E-state index in [2.05, 4.69) is 19.1 Å². The van der Waals surface area contributed by atoms with Crippen molar-refractivity contribution in [3.8, 4) is 0 Å². The second kappa shape index (κ2) is 17.4. The molecule has 4 atom stereocenters. The minimum Gasteiger partial charge on any atom is -0.394 e. The SMILES string of the molecule is CCCCCCCC/C=C/CCCCCCCO[C@H]1[C@H](O)[C@@H](CO)OC[C@@H]1O. The quantitative estimate of drug-likeness (QED) is 0.253. The molecule has 28 heavy (non-hydrogen) atoms. The first-order valence-electron chi connectivity index (χ1n) is 11.6. The number of allylic oxidation sites excluding steroid dienone is 2. The molecule has 0 aromatic carbocycles. The highest BCUT2D eigenvalue weighted by Gasteiger charge is 2.38. The second-order valence-electron chi connectivity index (χ2n) is 8.03. The average Bonchev–Trinajstić information content (AvgIpc) is 2.70. The molecule has 3 N–H and O–H groups in total. The van der Waals surface area contributed by atoms with Gasteiger partial charge in [0.25, 0.3) is 0 Å². The standard InChI is InChI=1S/C23H44O5/c1-2-3-4-5-6-7-8-9-10-11-12-13-14-15-16-17-27-23-20(25)19-28-21(18-24)22(23)26/h9-10,20-26H,2-8,11-19H2,1H3/b10-9+/t20-,21+,22+,23+/m0/s1. The summed E-state index contributed by atoms with van der Waals surface area (Å²) in [5.74, 6) is 0. The third-order valence-corrected chi connectivity index (χ3v) is 5.47. The van der Waals surface area contributed by atoms with Crippen LogP contribution in [0, 0.1) is 0 Å². The highest BCUT2D eigenvalue weighted by atomic mass is 16.6. The van der Waals surface area contributed by atoms with Crippen LogP contribution in [0.2, 0.25) is 0 Å². The average molecular weight is 401 g/mol. The molecule has 0 unspecified atom stereocenters. The van der Waals surface area contributed by atoms with Gasteiger partial charge in [-0.25, -0.2) is 0 Å². The van der Waals surface area contributed by atoms with Crippen molar-refractivity contribution in [2.75, 3.05) is 19.8 Å². The number of aliphatic hydroxyl groups is 3. The number of unbranched alkanes of at least 4 members (excludes halogenated alkanes) is 11. The van der Waals surface area contributed by atoms with Crippen molar-refractivity contribution in [1.29, 1.82) is 0 Å². The summed E-state index contributed by atoms with van der Waals surface area (Å²) in [7, 11) is 0. The summed E-state index contributed by atoms with van der Waals surface area (Å²) in [6, 6.07) is 0. The number of hydrogen-bond acceptors (Lipinski definition) is 5. The Bertz CT molecular complexity index is 374. The molecule has 0 aromatic heterocycles. The Balaban J connectivity index is 1.89. The van der Waals surface area contributed by atoms with Crippen molar-refractivity contribution >= 4 is 0 Å². The second-order valence-corrected chi connectivity index (χ2v) is 8.03. The van der Waals surface area contributed by atoms with Gasteiger partial charge in [-0.15, -0.1) is 0 Å². The Labute approximate surface area is 172 Å². The van der Waals surface area contributed by atoms with Crippen LogP contribution in [0.1, 0.15) is 90.4 Å². The zero-order chi connectivity index (χ0) is 20.5. The van der Waals surface area contributed by atoms with Gasteiger partial charge in [-0.2, -0.15) is 0 Å². The van der Waals surface area contributed by atoms with Gasteiger partial charge in [0.05, 0.1) is 13.2 Å². The van der Waals surface area contributed by atoms with E-state index in [0.717, 1.165) is 12.8 Å². The van der Waals surface area contributed by atoms with Crippen molar-refractivity contribution < 1.29 is 24.8 Å². The largest absolute Gasteiger partial charge is 0.394 e. The Morgan fingerprint density at radius 1 is 0.857 bits per heavy atom. The van der Waals surface area contributed by atoms with Crippen LogP contribution in [-0.2, 0) is 9.47 Å². The molecule has 5 nitrogen and oxygen atoms in total. The van der Waals surface area contributed by atoms with Gasteiger partial charge < -0.3 is 24.8 Å². The molecule has 0 bridgehead atoms. The summed E-state index contributed by atoms with van der Waals surface area (Å²) in [5, 5.41) is 29.1. The minimum absolute atomic E-state index is 0.0966. The van der Waals surface area contributed by atoms with E-state index < -0.39 is 24.4 Å². The highest BCUT2D eigenvalue weighted by molar-refractivity contribution is 4.87. The van der Waals surface area contributed by atoms with Crippen molar-refractivity contribution in [3.63, 3.8) is 0 Å². The number of aliphatic hydroxyl groups excluding tert-OH is 3. The summed E-state index contributed by atoms with van der Waals surface area (Å²) in [5.41, 5.74) is 0. The summed E-state index contributed by atoms with van der Waals surface area (Å²) in [6.45, 7) is 2.61. The molecule has 1 rings (SSSR count). The summed E-state index contributed by atoms with van der Waals surface area (Å²) < 4.78 is 10.8. The van der Waals surface area contributed by atoms with Gasteiger partial charge in [-0.3, -0.25) is 0 Å². The third kappa shape index (κ3) is 11.5. The molecule has 1 fully saturated rings. The van der Waals surface area contributed by atoms with Crippen LogP contribution in [0.5, 0.6) is 0 Å². The molecule has 1 aliphatic rings. The van der Waals surface area contributed by atoms with Gasteiger partial charge in [0.2, 0.25) is 0 Å². The van der Waals surface area contributed by atoms with E-state index >= 15 is 0 Å².